The topological polar surface area (TPSA) is 52.6 Å². The summed E-state index contributed by atoms with van der Waals surface area (Å²) in [5.41, 5.74) is 2.40. The third-order valence-electron chi connectivity index (χ3n) is 5.40. The first kappa shape index (κ1) is 14.9. The fourth-order valence-electron chi connectivity index (χ4n) is 3.92. The van der Waals surface area contributed by atoms with E-state index < -0.39 is 0 Å². The van der Waals surface area contributed by atoms with Crippen LogP contribution in [0.4, 0.5) is 5.95 Å². The molecule has 1 aromatic rings. The summed E-state index contributed by atoms with van der Waals surface area (Å²) in [6.45, 7) is 5.38. The predicted molar refractivity (Wildman–Crippen MR) is 88.3 cm³/mol. The van der Waals surface area contributed by atoms with Gasteiger partial charge in [-0.05, 0) is 18.8 Å². The number of likely N-dealkylation sites (tertiary alicyclic amines) is 1. The Morgan fingerprint density at radius 2 is 2.13 bits per heavy atom. The molecule has 0 bridgehead atoms. The van der Waals surface area contributed by atoms with Crippen molar-refractivity contribution in [2.45, 2.75) is 38.3 Å². The SMILES string of the molecule is CC(=O)N1C[C@H]2c3nc(N(C)C)ncc3CN(CC3CC3)[C@H]2C1. The number of rotatable bonds is 3. The largest absolute Gasteiger partial charge is 0.347 e. The molecule has 1 aromatic heterocycles. The van der Waals surface area contributed by atoms with E-state index in [1.165, 1.54) is 18.4 Å². The van der Waals surface area contributed by atoms with E-state index in [-0.39, 0.29) is 5.91 Å². The van der Waals surface area contributed by atoms with E-state index in [4.69, 9.17) is 4.98 Å². The molecule has 3 heterocycles. The van der Waals surface area contributed by atoms with Gasteiger partial charge in [-0.15, -0.1) is 0 Å². The fourth-order valence-corrected chi connectivity index (χ4v) is 3.92. The molecular formula is C17H25N5O. The summed E-state index contributed by atoms with van der Waals surface area (Å²) in [5.74, 6) is 2.11. The molecule has 4 rings (SSSR count). The zero-order valence-electron chi connectivity index (χ0n) is 14.2. The van der Waals surface area contributed by atoms with Crippen LogP contribution in [-0.2, 0) is 11.3 Å². The van der Waals surface area contributed by atoms with Crippen LogP contribution in [0.2, 0.25) is 0 Å². The first-order chi connectivity index (χ1) is 11.0. The van der Waals surface area contributed by atoms with Gasteiger partial charge in [0, 0.05) is 70.9 Å². The van der Waals surface area contributed by atoms with E-state index in [2.05, 4.69) is 9.88 Å². The van der Waals surface area contributed by atoms with E-state index in [0.29, 0.717) is 12.0 Å². The van der Waals surface area contributed by atoms with Gasteiger partial charge >= 0.3 is 0 Å². The molecule has 2 fully saturated rings. The van der Waals surface area contributed by atoms with Crippen LogP contribution in [0.15, 0.2) is 6.20 Å². The van der Waals surface area contributed by atoms with Gasteiger partial charge in [0.15, 0.2) is 0 Å². The smallest absolute Gasteiger partial charge is 0.225 e. The Balaban J connectivity index is 1.68. The number of carbonyl (C=O) groups excluding carboxylic acids is 1. The highest BCUT2D eigenvalue weighted by Gasteiger charge is 2.45. The second kappa shape index (κ2) is 5.44. The molecule has 0 radical (unpaired) electrons. The van der Waals surface area contributed by atoms with Crippen molar-refractivity contribution in [3.8, 4) is 0 Å². The normalized spacial score (nSPS) is 26.8. The third-order valence-corrected chi connectivity index (χ3v) is 5.40. The Kier molecular flexibility index (Phi) is 3.52. The minimum atomic E-state index is 0.175. The van der Waals surface area contributed by atoms with Gasteiger partial charge in [0.05, 0.1) is 5.69 Å². The van der Waals surface area contributed by atoms with Gasteiger partial charge in [-0.1, -0.05) is 0 Å². The van der Waals surface area contributed by atoms with Crippen LogP contribution in [-0.4, -0.2) is 65.4 Å². The molecule has 23 heavy (non-hydrogen) atoms. The highest BCUT2D eigenvalue weighted by atomic mass is 16.2. The molecule has 6 nitrogen and oxygen atoms in total. The first-order valence-corrected chi connectivity index (χ1v) is 8.55. The molecule has 124 valence electrons. The van der Waals surface area contributed by atoms with Crippen molar-refractivity contribution in [2.75, 3.05) is 38.6 Å². The second-order valence-corrected chi connectivity index (χ2v) is 7.45. The summed E-state index contributed by atoms with van der Waals surface area (Å²) in [6, 6.07) is 0.414. The van der Waals surface area contributed by atoms with Crippen molar-refractivity contribution in [1.82, 2.24) is 19.8 Å². The fraction of sp³-hybridized carbons (Fsp3) is 0.706. The molecule has 0 spiro atoms. The third kappa shape index (κ3) is 2.69. The lowest BCUT2D eigenvalue weighted by Gasteiger charge is -2.37. The lowest BCUT2D eigenvalue weighted by molar-refractivity contribution is -0.128. The quantitative estimate of drug-likeness (QED) is 0.835. The minimum Gasteiger partial charge on any atom is -0.347 e. The van der Waals surface area contributed by atoms with Crippen molar-refractivity contribution >= 4 is 11.9 Å². The zero-order chi connectivity index (χ0) is 16.1. The number of hydrogen-bond donors (Lipinski definition) is 0. The lowest BCUT2D eigenvalue weighted by Crippen LogP contribution is -2.45. The van der Waals surface area contributed by atoms with Gasteiger partial charge < -0.3 is 9.80 Å². The average molecular weight is 315 g/mol. The number of amides is 1. The van der Waals surface area contributed by atoms with Crippen LogP contribution in [0.5, 0.6) is 0 Å². The highest BCUT2D eigenvalue weighted by molar-refractivity contribution is 5.74. The van der Waals surface area contributed by atoms with Crippen LogP contribution in [0.25, 0.3) is 0 Å². The number of aromatic nitrogens is 2. The predicted octanol–water partition coefficient (Wildman–Crippen LogP) is 1.08. The average Bonchev–Trinajstić information content (AvgIpc) is 3.20. The monoisotopic (exact) mass is 315 g/mol. The van der Waals surface area contributed by atoms with Crippen LogP contribution in [0.1, 0.15) is 36.9 Å². The summed E-state index contributed by atoms with van der Waals surface area (Å²) in [5, 5.41) is 0. The summed E-state index contributed by atoms with van der Waals surface area (Å²) < 4.78 is 0. The molecule has 2 aliphatic heterocycles. The molecule has 1 saturated carbocycles. The zero-order valence-corrected chi connectivity index (χ0v) is 14.2. The minimum absolute atomic E-state index is 0.175. The van der Waals surface area contributed by atoms with E-state index in [1.54, 1.807) is 6.92 Å². The summed E-state index contributed by atoms with van der Waals surface area (Å²) in [6.07, 6.45) is 4.70. The van der Waals surface area contributed by atoms with Crippen LogP contribution in [0, 0.1) is 5.92 Å². The van der Waals surface area contributed by atoms with E-state index in [1.807, 2.05) is 30.1 Å². The van der Waals surface area contributed by atoms with Crippen molar-refractivity contribution in [3.63, 3.8) is 0 Å². The Morgan fingerprint density at radius 3 is 2.78 bits per heavy atom. The van der Waals surface area contributed by atoms with Crippen LogP contribution in [0.3, 0.4) is 0 Å². The molecule has 1 aliphatic carbocycles. The van der Waals surface area contributed by atoms with Gasteiger partial charge in [-0.2, -0.15) is 0 Å². The molecule has 0 aromatic carbocycles. The Hall–Kier alpha value is -1.69. The Labute approximate surface area is 137 Å². The summed E-state index contributed by atoms with van der Waals surface area (Å²) in [7, 11) is 3.94. The molecule has 0 unspecified atom stereocenters. The summed E-state index contributed by atoms with van der Waals surface area (Å²) >= 11 is 0. The Bertz CT molecular complexity index is 627. The van der Waals surface area contributed by atoms with Crippen molar-refractivity contribution in [1.29, 1.82) is 0 Å². The van der Waals surface area contributed by atoms with Crippen LogP contribution >= 0.6 is 0 Å². The van der Waals surface area contributed by atoms with Gasteiger partial charge in [-0.25, -0.2) is 9.97 Å². The number of hydrogen-bond acceptors (Lipinski definition) is 5. The molecular weight excluding hydrogens is 290 g/mol. The number of anilines is 1. The molecule has 2 atom stereocenters. The maximum Gasteiger partial charge on any atom is 0.225 e. The lowest BCUT2D eigenvalue weighted by atomic mass is 9.90. The molecule has 1 saturated heterocycles. The van der Waals surface area contributed by atoms with Gasteiger partial charge in [0.25, 0.3) is 0 Å². The highest BCUT2D eigenvalue weighted by Crippen LogP contribution is 2.40. The number of carbonyl (C=O) groups is 1. The maximum absolute atomic E-state index is 11.9. The second-order valence-electron chi connectivity index (χ2n) is 7.45. The van der Waals surface area contributed by atoms with E-state index in [9.17, 15) is 4.79 Å². The molecule has 6 heteroatoms. The van der Waals surface area contributed by atoms with Crippen LogP contribution < -0.4 is 4.90 Å². The van der Waals surface area contributed by atoms with E-state index in [0.717, 1.165) is 43.7 Å². The Morgan fingerprint density at radius 1 is 1.35 bits per heavy atom. The molecule has 1 amide bonds. The summed E-state index contributed by atoms with van der Waals surface area (Å²) in [4.78, 5) is 27.7. The molecule has 3 aliphatic rings. The van der Waals surface area contributed by atoms with Gasteiger partial charge in [0.1, 0.15) is 0 Å². The van der Waals surface area contributed by atoms with E-state index >= 15 is 0 Å². The maximum atomic E-state index is 11.9. The van der Waals surface area contributed by atoms with Crippen molar-refractivity contribution in [3.05, 3.63) is 17.5 Å². The van der Waals surface area contributed by atoms with Crippen molar-refractivity contribution in [2.24, 2.45) is 5.92 Å². The molecule has 0 N–H and O–H groups in total. The first-order valence-electron chi connectivity index (χ1n) is 8.55. The van der Waals surface area contributed by atoms with Crippen molar-refractivity contribution < 1.29 is 4.79 Å². The van der Waals surface area contributed by atoms with Gasteiger partial charge in [0.2, 0.25) is 11.9 Å². The number of nitrogens with zero attached hydrogens (tertiary/aromatic N) is 5. The number of fused-ring (bicyclic) bond motifs is 3. The standard InChI is InChI=1S/C17H25N5O/c1-11(23)21-9-14-15(10-21)22(7-12-4-5-12)8-13-6-18-17(20(2)3)19-16(13)14/h6,12,14-15H,4-5,7-10H2,1-3H3/t14-,15+/m1/s1. The van der Waals surface area contributed by atoms with Gasteiger partial charge in [-0.3, -0.25) is 9.69 Å².